The van der Waals surface area contributed by atoms with Gasteiger partial charge in [-0.25, -0.2) is 0 Å². The number of unbranched alkanes of at least 4 members (excludes halogenated alkanes) is 21. The molecule has 0 unspecified atom stereocenters. The number of hydrogen-bond acceptors (Lipinski definition) is 41. The lowest BCUT2D eigenvalue weighted by molar-refractivity contribution is -0.394. The van der Waals surface area contributed by atoms with Gasteiger partial charge in [0.15, 0.2) is 44.0 Å². The van der Waals surface area contributed by atoms with Crippen LogP contribution in [0, 0.1) is 0 Å². The van der Waals surface area contributed by atoms with Gasteiger partial charge in [0.2, 0.25) is 0 Å². The minimum atomic E-state index is -1.96. The van der Waals surface area contributed by atoms with E-state index in [-0.39, 0.29) is 120 Å². The lowest BCUT2D eigenvalue weighted by Crippen LogP contribution is -2.68. The topological polar surface area (TPSA) is 468 Å². The number of aliphatic hydroxyl groups excluding tert-OH is 14. The van der Waals surface area contributed by atoms with Crippen molar-refractivity contribution in [2.24, 2.45) is 0 Å². The maximum absolute atomic E-state index is 13.7. The zero-order valence-corrected chi connectivity index (χ0v) is 88.4. The number of thioether (sulfide) groups is 7. The molecule has 21 saturated heterocycles. The maximum atomic E-state index is 13.7. The largest absolute Gasteiger partial charge is 0.394 e. The molecular formula is C96H178O34S7. The highest BCUT2D eigenvalue weighted by atomic mass is 32.2. The Labute approximate surface area is 846 Å². The molecule has 0 aromatic rings. The second-order valence-electron chi connectivity index (χ2n) is 36.9. The van der Waals surface area contributed by atoms with Gasteiger partial charge >= 0.3 is 0 Å². The van der Waals surface area contributed by atoms with E-state index in [9.17, 15) is 71.5 Å². The Morgan fingerprint density at radius 3 is 0.526 bits per heavy atom. The van der Waals surface area contributed by atoms with Gasteiger partial charge in [-0.15, -0.1) is 0 Å². The summed E-state index contributed by atoms with van der Waals surface area (Å²) < 4.78 is 135. The first-order valence-corrected chi connectivity index (χ1v) is 60.0. The van der Waals surface area contributed by atoms with Gasteiger partial charge in [0.1, 0.15) is 128 Å². The lowest BCUT2D eigenvalue weighted by Gasteiger charge is -2.51. The van der Waals surface area contributed by atoms with Gasteiger partial charge in [0, 0.05) is 40.3 Å². The Morgan fingerprint density at radius 1 is 0.182 bits per heavy atom. The number of ether oxygens (including phenoxy) is 20. The van der Waals surface area contributed by atoms with Crippen molar-refractivity contribution in [3.63, 3.8) is 0 Å². The number of hydrogen-bond donors (Lipinski definition) is 14. The number of rotatable bonds is 67. The SMILES string of the molecule is CCCCCCSC[C@H]1O[C@@H]2O[C@H]3[C@H](O)[C@@H](O)[C@@H](O[C@H]4[C@H](O)[C@@H](OCCOCCO)[C@@H](O[C@H]5[C@H](O)[C@@H](OCCOCCO)[C@@H](O[C@H]6[C@H](O)[C@@H](OCCOCCO)[C@@H](O[C@H]7[C@H](O)[C@@H](O)[C@@H](O[C@H]8[C@H](O)[C@@H](O)[C@@H](O[C@H]1[C@H](O)[C@H]2O)O[C@@H]8CSCCCCCC)O[C@@H]7CSCCCCCC)O[C@@H]6CSCCCCCC)O[C@@H]5CSCCCCCC)O[C@@H]4CSCCCCCC)O[C@@H]3CSCCCCCC. The van der Waals surface area contributed by atoms with Crippen LogP contribution in [0.5, 0.6) is 0 Å². The normalized spacial score (nSPS) is 36.4. The van der Waals surface area contributed by atoms with Gasteiger partial charge < -0.3 is 166 Å². The first-order valence-electron chi connectivity index (χ1n) is 51.9. The van der Waals surface area contributed by atoms with Crippen LogP contribution in [-0.2, 0) is 94.7 Å². The molecule has 21 aliphatic rings. The Balaban J connectivity index is 1.31. The molecule has 0 spiro atoms. The van der Waals surface area contributed by atoms with Crippen LogP contribution in [0.1, 0.15) is 228 Å². The first-order chi connectivity index (χ1) is 66.8. The van der Waals surface area contributed by atoms with Crippen molar-refractivity contribution in [3.05, 3.63) is 0 Å². The summed E-state index contributed by atoms with van der Waals surface area (Å²) in [6.07, 6.45) is -28.6. The smallest absolute Gasteiger partial charge is 0.187 e. The van der Waals surface area contributed by atoms with E-state index >= 15 is 0 Å². The van der Waals surface area contributed by atoms with Crippen molar-refractivity contribution < 1.29 is 166 Å². The molecule has 0 amide bonds. The van der Waals surface area contributed by atoms with Crippen LogP contribution in [0.2, 0.25) is 0 Å². The van der Waals surface area contributed by atoms with Crippen LogP contribution < -0.4 is 0 Å². The second kappa shape index (κ2) is 72.5. The van der Waals surface area contributed by atoms with E-state index < -0.39 is 215 Å². The van der Waals surface area contributed by atoms with Crippen LogP contribution in [0.15, 0.2) is 0 Å². The Hall–Kier alpha value is 1.09. The second-order valence-corrected chi connectivity index (χ2v) is 44.9. The molecule has 0 aromatic heterocycles. The van der Waals surface area contributed by atoms with Gasteiger partial charge in [-0.2, -0.15) is 82.3 Å². The minimum Gasteiger partial charge on any atom is -0.394 e. The molecule has 21 fully saturated rings. The van der Waals surface area contributed by atoms with Gasteiger partial charge in [-0.1, -0.05) is 183 Å². The van der Waals surface area contributed by atoms with Crippen molar-refractivity contribution >= 4 is 82.3 Å². The quantitative estimate of drug-likeness (QED) is 0.0255. The molecule has 0 radical (unpaired) electrons. The highest BCUT2D eigenvalue weighted by Gasteiger charge is 2.61. The molecule has 41 heteroatoms. The van der Waals surface area contributed by atoms with Crippen LogP contribution in [0.4, 0.5) is 0 Å². The Kier molecular flexibility index (Phi) is 65.3. The summed E-state index contributed by atoms with van der Waals surface area (Å²) in [5.74, 6) is 5.63. The predicted octanol–water partition coefficient (Wildman–Crippen LogP) is 8.12. The molecule has 35 atom stereocenters. The third kappa shape index (κ3) is 41.3. The van der Waals surface area contributed by atoms with Crippen LogP contribution in [-0.4, -0.2) is 446 Å². The highest BCUT2D eigenvalue weighted by Crippen LogP contribution is 2.44. The van der Waals surface area contributed by atoms with Crippen molar-refractivity contribution in [3.8, 4) is 0 Å². The van der Waals surface area contributed by atoms with Crippen molar-refractivity contribution in [2.75, 3.05) is 160 Å². The van der Waals surface area contributed by atoms with E-state index in [1.807, 2.05) is 0 Å². The summed E-state index contributed by atoms with van der Waals surface area (Å²) in [7, 11) is 0. The van der Waals surface area contributed by atoms with E-state index in [0.29, 0.717) is 40.3 Å². The van der Waals surface area contributed by atoms with E-state index in [1.54, 1.807) is 23.5 Å². The fourth-order valence-electron chi connectivity index (χ4n) is 17.9. The molecule has 21 heterocycles. The molecule has 21 rings (SSSR count). The maximum Gasteiger partial charge on any atom is 0.187 e. The van der Waals surface area contributed by atoms with Gasteiger partial charge in [0.25, 0.3) is 0 Å². The molecule has 0 saturated carbocycles. The molecule has 34 nitrogen and oxygen atoms in total. The zero-order valence-electron chi connectivity index (χ0n) is 82.7. The van der Waals surface area contributed by atoms with E-state index in [2.05, 4.69) is 48.5 Å². The van der Waals surface area contributed by atoms with Crippen LogP contribution in [0.25, 0.3) is 0 Å². The number of aliphatic hydroxyl groups is 14. The first kappa shape index (κ1) is 123. The summed E-state index contributed by atoms with van der Waals surface area (Å²) in [4.78, 5) is 0. The summed E-state index contributed by atoms with van der Waals surface area (Å²) in [6.45, 7) is 12.9. The third-order valence-electron chi connectivity index (χ3n) is 25.7. The molecule has 0 aliphatic carbocycles. The molecule has 808 valence electrons. The van der Waals surface area contributed by atoms with Crippen LogP contribution in [0.3, 0.4) is 0 Å². The Morgan fingerprint density at radius 2 is 0.350 bits per heavy atom. The van der Waals surface area contributed by atoms with E-state index in [1.165, 1.54) is 58.8 Å². The average molecular weight is 2100 g/mol. The zero-order chi connectivity index (χ0) is 98.5. The minimum absolute atomic E-state index is 0.0461. The summed E-state index contributed by atoms with van der Waals surface area (Å²) in [6, 6.07) is 0. The highest BCUT2D eigenvalue weighted by molar-refractivity contribution is 8.00. The molecular weight excluding hydrogens is 1920 g/mol. The lowest BCUT2D eigenvalue weighted by atomic mass is 9.95. The predicted molar refractivity (Wildman–Crippen MR) is 534 cm³/mol. The van der Waals surface area contributed by atoms with E-state index in [4.69, 9.17) is 94.7 Å². The molecule has 21 aliphatic heterocycles. The van der Waals surface area contributed by atoms with Crippen molar-refractivity contribution in [2.45, 2.75) is 443 Å². The summed E-state index contributed by atoms with van der Waals surface area (Å²) in [5.41, 5.74) is 0. The van der Waals surface area contributed by atoms with Crippen molar-refractivity contribution in [1.29, 1.82) is 0 Å². The molecule has 137 heavy (non-hydrogen) atoms. The summed E-state index contributed by atoms with van der Waals surface area (Å²) in [5, 5.41) is 173. The standard InChI is InChI=1S/C96H178O34S7/c1-8-15-22-29-48-131-55-62-80-69(100)73(104)91(117-62)125-82-64(57-133-50-31-24-17-10-3)119-93(75(106)71(82)102)127-84-66(59-135-52-33-26-19-12-5)121-95(87(77(84)108)114-45-42-111-39-36-97)129-86-68(61-137-54-35-28-21-14-7)123-96(89(79(86)110)116-47-44-113-41-38-99)130-85-67(60-136-53-34-27-20-13-6)122-94(88(78(85)109)115-46-43-112-40-37-98)128-83-65(58-134-51-32-25-18-11-4)120-92(76(107)72(83)103)126-81-63(56-132-49-30-23-16-9-2)118-90(124-80)74(105)70(81)101/h62-110H,8-61H2,1-7H3/t62-,63-,64-,65-,66-,67-,68-,69-,70-,71-,72-,73-,74-,75-,76-,77+,78+,79+,80-,81-,82-,83-,84-,85-,86-,87-,88-,89-,90-,91-,92-,93-,94-,95-,96-/m1/s1. The third-order valence-corrected chi connectivity index (χ3v) is 33.7. The molecule has 14 N–H and O–H groups in total. The fraction of sp³-hybridized carbons (Fsp3) is 1.00. The van der Waals surface area contributed by atoms with Crippen molar-refractivity contribution in [1.82, 2.24) is 0 Å². The van der Waals surface area contributed by atoms with Gasteiger partial charge in [-0.05, 0) is 85.2 Å². The Bertz CT molecular complexity index is 2930. The average Bonchev–Trinajstić information content (AvgIpc) is 0.857. The van der Waals surface area contributed by atoms with E-state index in [0.717, 1.165) is 180 Å². The van der Waals surface area contributed by atoms with Gasteiger partial charge in [-0.3, -0.25) is 0 Å². The van der Waals surface area contributed by atoms with Gasteiger partial charge in [0.05, 0.1) is 122 Å². The van der Waals surface area contributed by atoms with Crippen LogP contribution >= 0.6 is 82.3 Å². The summed E-state index contributed by atoms with van der Waals surface area (Å²) >= 11 is 10.7. The monoisotopic (exact) mass is 2100 g/mol. The molecule has 0 aromatic carbocycles. The molecule has 14 bridgehead atoms. The fourth-order valence-corrected chi connectivity index (χ4v) is 25.4.